The van der Waals surface area contributed by atoms with E-state index >= 15 is 0 Å². The topological polar surface area (TPSA) is 41.5 Å². The van der Waals surface area contributed by atoms with Crippen LogP contribution in [0.1, 0.15) is 52.4 Å². The second-order valence-electron chi connectivity index (χ2n) is 5.25. The smallest absolute Gasteiger partial charge is 0.0586 e. The lowest BCUT2D eigenvalue weighted by molar-refractivity contribution is 0.0510. The summed E-state index contributed by atoms with van der Waals surface area (Å²) in [4.78, 5) is 0. The Kier molecular flexibility index (Phi) is 5.73. The largest absolute Gasteiger partial charge is 0.396 e. The highest BCUT2D eigenvalue weighted by atomic mass is 16.5. The zero-order valence-electron chi connectivity index (χ0n) is 11.0. The number of rotatable bonds is 6. The van der Waals surface area contributed by atoms with Crippen LogP contribution in [-0.2, 0) is 4.74 Å². The third-order valence-electron chi connectivity index (χ3n) is 3.96. The Morgan fingerprint density at radius 1 is 1.44 bits per heavy atom. The molecule has 96 valence electrons. The highest BCUT2D eigenvalue weighted by Crippen LogP contribution is 2.24. The minimum atomic E-state index is 0.0784. The molecule has 16 heavy (non-hydrogen) atoms. The molecule has 1 fully saturated rings. The average Bonchev–Trinajstić information content (AvgIpc) is 2.29. The molecule has 0 aromatic rings. The first kappa shape index (κ1) is 13.9. The Labute approximate surface area is 99.6 Å². The molecule has 1 aliphatic rings. The third kappa shape index (κ3) is 4.04. The van der Waals surface area contributed by atoms with Gasteiger partial charge in [0.2, 0.25) is 0 Å². The van der Waals surface area contributed by atoms with Gasteiger partial charge in [0.05, 0.1) is 6.10 Å². The van der Waals surface area contributed by atoms with Crippen LogP contribution in [0, 0.1) is 0 Å². The first-order valence-electron chi connectivity index (χ1n) is 6.55. The summed E-state index contributed by atoms with van der Waals surface area (Å²) in [5, 5.41) is 12.8. The van der Waals surface area contributed by atoms with Crippen molar-refractivity contribution < 1.29 is 9.84 Å². The maximum Gasteiger partial charge on any atom is 0.0586 e. The van der Waals surface area contributed by atoms with Crippen LogP contribution in [0.2, 0.25) is 0 Å². The lowest BCUT2D eigenvalue weighted by Crippen LogP contribution is -2.50. The molecule has 0 amide bonds. The Morgan fingerprint density at radius 3 is 2.75 bits per heavy atom. The lowest BCUT2D eigenvalue weighted by Gasteiger charge is -2.37. The molecule has 0 saturated heterocycles. The molecule has 0 aliphatic heterocycles. The van der Waals surface area contributed by atoms with E-state index in [0.717, 1.165) is 19.3 Å². The predicted molar refractivity (Wildman–Crippen MR) is 66.6 cm³/mol. The summed E-state index contributed by atoms with van der Waals surface area (Å²) in [5.74, 6) is 0. The van der Waals surface area contributed by atoms with Gasteiger partial charge in [0.15, 0.2) is 0 Å². The molecular formula is C13H27NO2. The summed E-state index contributed by atoms with van der Waals surface area (Å²) < 4.78 is 5.44. The van der Waals surface area contributed by atoms with Crippen molar-refractivity contribution in [3.05, 3.63) is 0 Å². The van der Waals surface area contributed by atoms with Crippen LogP contribution in [0.5, 0.6) is 0 Å². The molecule has 0 aromatic carbocycles. The minimum Gasteiger partial charge on any atom is -0.396 e. The van der Waals surface area contributed by atoms with E-state index in [1.54, 1.807) is 7.11 Å². The molecule has 0 spiro atoms. The van der Waals surface area contributed by atoms with E-state index in [1.165, 1.54) is 19.3 Å². The molecule has 1 rings (SSSR count). The highest BCUT2D eigenvalue weighted by Gasteiger charge is 2.28. The second kappa shape index (κ2) is 6.58. The van der Waals surface area contributed by atoms with E-state index in [4.69, 9.17) is 9.84 Å². The van der Waals surface area contributed by atoms with E-state index in [-0.39, 0.29) is 12.1 Å². The summed E-state index contributed by atoms with van der Waals surface area (Å²) in [5.41, 5.74) is 0.0784. The summed E-state index contributed by atoms with van der Waals surface area (Å²) >= 11 is 0. The fraction of sp³-hybridized carbons (Fsp3) is 1.00. The zero-order valence-corrected chi connectivity index (χ0v) is 11.0. The molecule has 3 nitrogen and oxygen atoms in total. The molecule has 1 saturated carbocycles. The van der Waals surface area contributed by atoms with Crippen LogP contribution in [0.15, 0.2) is 0 Å². The number of methoxy groups -OCH3 is 1. The van der Waals surface area contributed by atoms with Crippen molar-refractivity contribution in [2.45, 2.75) is 70.1 Å². The van der Waals surface area contributed by atoms with Gasteiger partial charge in [-0.3, -0.25) is 0 Å². The molecular weight excluding hydrogens is 202 g/mol. The Bertz CT molecular complexity index is 198. The van der Waals surface area contributed by atoms with Gasteiger partial charge < -0.3 is 15.2 Å². The first-order chi connectivity index (χ1) is 7.63. The van der Waals surface area contributed by atoms with Gasteiger partial charge in [-0.15, -0.1) is 0 Å². The lowest BCUT2D eigenvalue weighted by atomic mass is 9.88. The maximum absolute atomic E-state index is 9.10. The van der Waals surface area contributed by atoms with Gasteiger partial charge in [0, 0.05) is 25.3 Å². The van der Waals surface area contributed by atoms with Crippen LogP contribution >= 0.6 is 0 Å². The Morgan fingerprint density at radius 2 is 2.19 bits per heavy atom. The van der Waals surface area contributed by atoms with Crippen molar-refractivity contribution in [2.75, 3.05) is 13.7 Å². The molecule has 0 aromatic heterocycles. The van der Waals surface area contributed by atoms with Crippen molar-refractivity contribution in [3.63, 3.8) is 0 Å². The Balaban J connectivity index is 2.44. The number of ether oxygens (including phenoxy) is 1. The number of hydrogen-bond donors (Lipinski definition) is 2. The number of aliphatic hydroxyl groups excluding tert-OH is 1. The molecule has 3 heteroatoms. The van der Waals surface area contributed by atoms with E-state index in [9.17, 15) is 0 Å². The summed E-state index contributed by atoms with van der Waals surface area (Å²) in [6.07, 6.45) is 7.09. The van der Waals surface area contributed by atoms with Crippen molar-refractivity contribution in [3.8, 4) is 0 Å². The molecule has 0 bridgehead atoms. The Hall–Kier alpha value is -0.120. The minimum absolute atomic E-state index is 0.0784. The van der Waals surface area contributed by atoms with Crippen LogP contribution in [-0.4, -0.2) is 36.5 Å². The van der Waals surface area contributed by atoms with E-state index in [1.807, 2.05) is 0 Å². The monoisotopic (exact) mass is 229 g/mol. The number of hydrogen-bond acceptors (Lipinski definition) is 3. The SMILES string of the molecule is CCC(C)(CCO)NC1CCCC(OC)C1. The summed E-state index contributed by atoms with van der Waals surface area (Å²) in [6, 6.07) is 0.551. The molecule has 3 atom stereocenters. The summed E-state index contributed by atoms with van der Waals surface area (Å²) in [6.45, 7) is 4.65. The fourth-order valence-corrected chi connectivity index (χ4v) is 2.58. The van der Waals surface area contributed by atoms with Gasteiger partial charge in [-0.05, 0) is 45.4 Å². The van der Waals surface area contributed by atoms with Crippen molar-refractivity contribution in [2.24, 2.45) is 0 Å². The average molecular weight is 229 g/mol. The van der Waals surface area contributed by atoms with Gasteiger partial charge in [-0.25, -0.2) is 0 Å². The molecule has 0 radical (unpaired) electrons. The van der Waals surface area contributed by atoms with Crippen LogP contribution in [0.4, 0.5) is 0 Å². The maximum atomic E-state index is 9.10. The molecule has 0 heterocycles. The predicted octanol–water partition coefficient (Wildman–Crippen LogP) is 2.08. The van der Waals surface area contributed by atoms with Crippen LogP contribution in [0.25, 0.3) is 0 Å². The molecule has 3 unspecified atom stereocenters. The van der Waals surface area contributed by atoms with Gasteiger partial charge >= 0.3 is 0 Å². The quantitative estimate of drug-likeness (QED) is 0.733. The van der Waals surface area contributed by atoms with Crippen molar-refractivity contribution in [1.82, 2.24) is 5.32 Å². The first-order valence-corrected chi connectivity index (χ1v) is 6.55. The van der Waals surface area contributed by atoms with E-state index < -0.39 is 0 Å². The summed E-state index contributed by atoms with van der Waals surface area (Å²) in [7, 11) is 1.81. The van der Waals surface area contributed by atoms with Gasteiger partial charge in [0.1, 0.15) is 0 Å². The highest BCUT2D eigenvalue weighted by molar-refractivity contribution is 4.88. The normalized spacial score (nSPS) is 30.0. The van der Waals surface area contributed by atoms with Gasteiger partial charge in [-0.2, -0.15) is 0 Å². The fourth-order valence-electron chi connectivity index (χ4n) is 2.58. The zero-order chi connectivity index (χ0) is 12.0. The molecule has 1 aliphatic carbocycles. The van der Waals surface area contributed by atoms with Gasteiger partial charge in [0.25, 0.3) is 0 Å². The van der Waals surface area contributed by atoms with Crippen LogP contribution < -0.4 is 5.32 Å². The molecule has 2 N–H and O–H groups in total. The number of aliphatic hydroxyl groups is 1. The van der Waals surface area contributed by atoms with Gasteiger partial charge in [-0.1, -0.05) is 6.92 Å². The number of nitrogens with one attached hydrogen (secondary N) is 1. The third-order valence-corrected chi connectivity index (χ3v) is 3.96. The van der Waals surface area contributed by atoms with Crippen molar-refractivity contribution in [1.29, 1.82) is 0 Å². The van der Waals surface area contributed by atoms with Crippen molar-refractivity contribution >= 4 is 0 Å². The van der Waals surface area contributed by atoms with Crippen LogP contribution in [0.3, 0.4) is 0 Å². The van der Waals surface area contributed by atoms with E-state index in [2.05, 4.69) is 19.2 Å². The standard InChI is InChI=1S/C13H27NO2/c1-4-13(2,8-9-15)14-11-6-5-7-12(10-11)16-3/h11-12,14-15H,4-10H2,1-3H3. The van der Waals surface area contributed by atoms with E-state index in [0.29, 0.717) is 12.1 Å². The second-order valence-corrected chi connectivity index (χ2v) is 5.25.